The number of aryl methyl sites for hydroxylation is 2. The van der Waals surface area contributed by atoms with E-state index >= 15 is 0 Å². The average molecular weight is 191 g/mol. The standard InChI is InChI=1S/C12H17NO/c1-3-9-7-13-8-10(4-2)12(9)14-11-5-6-11/h7-8,11H,3-6H2,1-2H3. The van der Waals surface area contributed by atoms with Crippen molar-refractivity contribution in [3.05, 3.63) is 23.5 Å². The number of rotatable bonds is 4. The molecule has 1 aromatic rings. The predicted octanol–water partition coefficient (Wildman–Crippen LogP) is 2.75. The molecule has 14 heavy (non-hydrogen) atoms. The lowest BCUT2D eigenvalue weighted by Gasteiger charge is -2.12. The predicted molar refractivity (Wildman–Crippen MR) is 56.6 cm³/mol. The molecule has 1 aromatic heterocycles. The normalized spacial score (nSPS) is 15.6. The highest BCUT2D eigenvalue weighted by Gasteiger charge is 2.25. The van der Waals surface area contributed by atoms with Crippen molar-refractivity contribution < 1.29 is 4.74 Å². The molecule has 0 spiro atoms. The monoisotopic (exact) mass is 191 g/mol. The number of aromatic nitrogens is 1. The summed E-state index contributed by atoms with van der Waals surface area (Å²) in [7, 11) is 0. The fourth-order valence-electron chi connectivity index (χ4n) is 1.55. The molecule has 0 amide bonds. The van der Waals surface area contributed by atoms with Gasteiger partial charge in [0.25, 0.3) is 0 Å². The number of pyridine rings is 1. The molecule has 1 aliphatic rings. The van der Waals surface area contributed by atoms with E-state index in [-0.39, 0.29) is 0 Å². The summed E-state index contributed by atoms with van der Waals surface area (Å²) in [6.07, 6.45) is 8.77. The molecule has 0 bridgehead atoms. The Morgan fingerprint density at radius 1 is 1.21 bits per heavy atom. The van der Waals surface area contributed by atoms with Crippen LogP contribution < -0.4 is 4.74 Å². The molecule has 1 heterocycles. The third-order valence-electron chi connectivity index (χ3n) is 2.61. The Bertz CT molecular complexity index is 296. The third-order valence-corrected chi connectivity index (χ3v) is 2.61. The van der Waals surface area contributed by atoms with Crippen LogP contribution in [0.3, 0.4) is 0 Å². The summed E-state index contributed by atoms with van der Waals surface area (Å²) < 4.78 is 5.93. The van der Waals surface area contributed by atoms with Crippen molar-refractivity contribution in [3.63, 3.8) is 0 Å². The lowest BCUT2D eigenvalue weighted by Crippen LogP contribution is -2.03. The van der Waals surface area contributed by atoms with Crippen LogP contribution in [0, 0.1) is 0 Å². The van der Waals surface area contributed by atoms with E-state index in [0.717, 1.165) is 18.6 Å². The largest absolute Gasteiger partial charge is 0.490 e. The van der Waals surface area contributed by atoms with E-state index in [9.17, 15) is 0 Å². The summed E-state index contributed by atoms with van der Waals surface area (Å²) in [4.78, 5) is 4.23. The first kappa shape index (κ1) is 9.50. The van der Waals surface area contributed by atoms with Gasteiger partial charge in [0.05, 0.1) is 6.10 Å². The zero-order chi connectivity index (χ0) is 9.97. The van der Waals surface area contributed by atoms with E-state index in [1.165, 1.54) is 24.0 Å². The van der Waals surface area contributed by atoms with Gasteiger partial charge in [0.15, 0.2) is 0 Å². The molecule has 0 aromatic carbocycles. The second kappa shape index (κ2) is 3.99. The van der Waals surface area contributed by atoms with Gasteiger partial charge < -0.3 is 4.74 Å². The van der Waals surface area contributed by atoms with Gasteiger partial charge in [-0.2, -0.15) is 0 Å². The SMILES string of the molecule is CCc1cncc(CC)c1OC1CC1. The van der Waals surface area contributed by atoms with Crippen molar-refractivity contribution in [2.24, 2.45) is 0 Å². The van der Waals surface area contributed by atoms with E-state index in [4.69, 9.17) is 4.74 Å². The van der Waals surface area contributed by atoms with Crippen molar-refractivity contribution in [2.75, 3.05) is 0 Å². The van der Waals surface area contributed by atoms with Crippen LogP contribution in [0.4, 0.5) is 0 Å². The molecule has 0 N–H and O–H groups in total. The zero-order valence-electron chi connectivity index (χ0n) is 8.92. The van der Waals surface area contributed by atoms with Gasteiger partial charge in [0.1, 0.15) is 5.75 Å². The molecule has 2 heteroatoms. The Morgan fingerprint density at radius 3 is 2.21 bits per heavy atom. The van der Waals surface area contributed by atoms with Crippen LogP contribution >= 0.6 is 0 Å². The minimum atomic E-state index is 0.480. The van der Waals surface area contributed by atoms with Gasteiger partial charge in [-0.05, 0) is 25.7 Å². The molecule has 0 unspecified atom stereocenters. The summed E-state index contributed by atoms with van der Waals surface area (Å²) in [6.45, 7) is 4.30. The number of hydrogen-bond acceptors (Lipinski definition) is 2. The maximum absolute atomic E-state index is 5.93. The molecular weight excluding hydrogens is 174 g/mol. The molecule has 0 aliphatic heterocycles. The van der Waals surface area contributed by atoms with Crippen LogP contribution in [0.1, 0.15) is 37.8 Å². The van der Waals surface area contributed by atoms with Crippen LogP contribution in [-0.4, -0.2) is 11.1 Å². The topological polar surface area (TPSA) is 22.1 Å². The zero-order valence-corrected chi connectivity index (χ0v) is 8.92. The van der Waals surface area contributed by atoms with E-state index < -0.39 is 0 Å². The lowest BCUT2D eigenvalue weighted by molar-refractivity contribution is 0.296. The first-order valence-electron chi connectivity index (χ1n) is 5.47. The van der Waals surface area contributed by atoms with Crippen LogP contribution in [0.2, 0.25) is 0 Å². The second-order valence-electron chi connectivity index (χ2n) is 3.81. The number of nitrogens with zero attached hydrogens (tertiary/aromatic N) is 1. The molecule has 76 valence electrons. The molecule has 0 saturated heterocycles. The van der Waals surface area contributed by atoms with Gasteiger partial charge >= 0.3 is 0 Å². The van der Waals surface area contributed by atoms with Gasteiger partial charge in [-0.25, -0.2) is 0 Å². The van der Waals surface area contributed by atoms with Gasteiger partial charge in [-0.15, -0.1) is 0 Å². The molecule has 0 atom stereocenters. The average Bonchev–Trinajstić information content (AvgIpc) is 3.02. The van der Waals surface area contributed by atoms with Gasteiger partial charge in [-0.1, -0.05) is 13.8 Å². The van der Waals surface area contributed by atoms with Crippen molar-refractivity contribution in [1.82, 2.24) is 4.98 Å². The maximum atomic E-state index is 5.93. The highest BCUT2D eigenvalue weighted by molar-refractivity contribution is 5.39. The Balaban J connectivity index is 2.29. The Kier molecular flexibility index (Phi) is 2.71. The van der Waals surface area contributed by atoms with E-state index in [1.54, 1.807) is 0 Å². The molecule has 1 saturated carbocycles. The highest BCUT2D eigenvalue weighted by atomic mass is 16.5. The summed E-state index contributed by atoms with van der Waals surface area (Å²) in [5.41, 5.74) is 2.49. The van der Waals surface area contributed by atoms with Crippen LogP contribution in [0.25, 0.3) is 0 Å². The Labute approximate surface area is 85.3 Å². The van der Waals surface area contributed by atoms with Crippen molar-refractivity contribution in [3.8, 4) is 5.75 Å². The van der Waals surface area contributed by atoms with Crippen molar-refractivity contribution in [1.29, 1.82) is 0 Å². The summed E-state index contributed by atoms with van der Waals surface area (Å²) in [5.74, 6) is 1.10. The first-order valence-corrected chi connectivity index (χ1v) is 5.47. The van der Waals surface area contributed by atoms with Gasteiger partial charge in [-0.3, -0.25) is 4.98 Å². The van der Waals surface area contributed by atoms with Crippen molar-refractivity contribution in [2.45, 2.75) is 45.6 Å². The van der Waals surface area contributed by atoms with E-state index in [1.807, 2.05) is 12.4 Å². The van der Waals surface area contributed by atoms with Crippen molar-refractivity contribution >= 4 is 0 Å². The number of hydrogen-bond donors (Lipinski definition) is 0. The highest BCUT2D eigenvalue weighted by Crippen LogP contribution is 2.31. The smallest absolute Gasteiger partial charge is 0.129 e. The Morgan fingerprint density at radius 2 is 1.79 bits per heavy atom. The summed E-state index contributed by atoms with van der Waals surface area (Å²) in [5, 5.41) is 0. The molecule has 2 rings (SSSR count). The molecule has 0 radical (unpaired) electrons. The first-order chi connectivity index (χ1) is 6.85. The maximum Gasteiger partial charge on any atom is 0.129 e. The van der Waals surface area contributed by atoms with E-state index in [2.05, 4.69) is 18.8 Å². The molecule has 1 aliphatic carbocycles. The summed E-state index contributed by atoms with van der Waals surface area (Å²) in [6, 6.07) is 0. The molecular formula is C12H17NO. The lowest BCUT2D eigenvalue weighted by atomic mass is 10.1. The fraction of sp³-hybridized carbons (Fsp3) is 0.583. The van der Waals surface area contributed by atoms with Crippen LogP contribution in [0.15, 0.2) is 12.4 Å². The van der Waals surface area contributed by atoms with Crippen LogP contribution in [0.5, 0.6) is 5.75 Å². The Hall–Kier alpha value is -1.05. The van der Waals surface area contributed by atoms with Gasteiger partial charge in [0, 0.05) is 23.5 Å². The van der Waals surface area contributed by atoms with E-state index in [0.29, 0.717) is 6.10 Å². The second-order valence-corrected chi connectivity index (χ2v) is 3.81. The molecule has 1 fully saturated rings. The molecule has 2 nitrogen and oxygen atoms in total. The fourth-order valence-corrected chi connectivity index (χ4v) is 1.55. The summed E-state index contributed by atoms with van der Waals surface area (Å²) >= 11 is 0. The van der Waals surface area contributed by atoms with Crippen LogP contribution in [-0.2, 0) is 12.8 Å². The third kappa shape index (κ3) is 1.89. The minimum absolute atomic E-state index is 0.480. The minimum Gasteiger partial charge on any atom is -0.490 e. The number of ether oxygens (including phenoxy) is 1. The quantitative estimate of drug-likeness (QED) is 0.730. The van der Waals surface area contributed by atoms with Gasteiger partial charge in [0.2, 0.25) is 0 Å².